The fourth-order valence-corrected chi connectivity index (χ4v) is 5.99. The van der Waals surface area contributed by atoms with Crippen molar-refractivity contribution < 1.29 is 19.1 Å². The van der Waals surface area contributed by atoms with E-state index >= 15 is 0 Å². The molecule has 0 spiro atoms. The van der Waals surface area contributed by atoms with Crippen molar-refractivity contribution in [2.45, 2.75) is 44.6 Å². The van der Waals surface area contributed by atoms with Gasteiger partial charge in [-0.2, -0.15) is 5.26 Å². The topological polar surface area (TPSA) is 155 Å². The van der Waals surface area contributed by atoms with Gasteiger partial charge in [0, 0.05) is 17.8 Å². The van der Waals surface area contributed by atoms with E-state index in [0.29, 0.717) is 18.5 Å². The maximum absolute atomic E-state index is 13.5. The molecule has 4 heterocycles. The van der Waals surface area contributed by atoms with Crippen molar-refractivity contribution in [2.75, 3.05) is 39.1 Å². The molecule has 2 aromatic heterocycles. The molecule has 3 aromatic rings. The number of nitrogens with one attached hydrogen (secondary N) is 1. The van der Waals surface area contributed by atoms with E-state index in [4.69, 9.17) is 15.5 Å². The molecule has 0 radical (unpaired) electrons. The molecule has 3 amide bonds. The number of likely N-dealkylation sites (tertiary alicyclic amines) is 2. The van der Waals surface area contributed by atoms with Crippen LogP contribution in [0.1, 0.15) is 71.7 Å². The van der Waals surface area contributed by atoms with Gasteiger partial charge in [-0.3, -0.25) is 19.4 Å². The highest BCUT2D eigenvalue weighted by atomic mass is 16.5. The number of fused-ring (bicyclic) bond motifs is 1. The summed E-state index contributed by atoms with van der Waals surface area (Å²) in [6.45, 7) is 4.40. The number of carbonyl (C=O) groups excluding carboxylic acids is 3. The molecule has 3 N–H and O–H groups in total. The molecule has 11 heteroatoms. The molecular weight excluding hydrogens is 534 g/mol. The predicted molar refractivity (Wildman–Crippen MR) is 157 cm³/mol. The van der Waals surface area contributed by atoms with Crippen LogP contribution in [-0.2, 0) is 9.59 Å². The summed E-state index contributed by atoms with van der Waals surface area (Å²) in [4.78, 5) is 51.3. The van der Waals surface area contributed by atoms with E-state index in [-0.39, 0.29) is 35.0 Å². The van der Waals surface area contributed by atoms with E-state index in [1.807, 2.05) is 24.3 Å². The first kappa shape index (κ1) is 29.0. The molecule has 1 aromatic carbocycles. The molecular formula is C31H35N7O4. The fraction of sp³-hybridized carbons (Fsp3) is 0.419. The first-order chi connectivity index (χ1) is 20.2. The van der Waals surface area contributed by atoms with Crippen LogP contribution in [0.2, 0.25) is 0 Å². The normalized spacial score (nSPS) is 19.7. The van der Waals surface area contributed by atoms with Gasteiger partial charge >= 0.3 is 11.8 Å². The monoisotopic (exact) mass is 569 g/mol. The van der Waals surface area contributed by atoms with Crippen molar-refractivity contribution in [1.82, 2.24) is 19.8 Å². The number of aromatic nitrogens is 2. The molecule has 5 rings (SSSR count). The Bertz CT molecular complexity index is 1580. The van der Waals surface area contributed by atoms with Gasteiger partial charge in [0.2, 0.25) is 5.88 Å². The number of carbonyl (C=O) groups is 3. The van der Waals surface area contributed by atoms with Crippen LogP contribution >= 0.6 is 0 Å². The van der Waals surface area contributed by atoms with E-state index < -0.39 is 17.7 Å². The van der Waals surface area contributed by atoms with Gasteiger partial charge in [0.05, 0.1) is 41.8 Å². The van der Waals surface area contributed by atoms with Crippen molar-refractivity contribution >= 4 is 34.3 Å². The summed E-state index contributed by atoms with van der Waals surface area (Å²) >= 11 is 0. The molecule has 11 nitrogen and oxygen atoms in total. The largest absolute Gasteiger partial charge is 0.480 e. The van der Waals surface area contributed by atoms with Gasteiger partial charge in [-0.15, -0.1) is 0 Å². The zero-order valence-corrected chi connectivity index (χ0v) is 24.1. The number of hydrogen-bond donors (Lipinski definition) is 2. The highest BCUT2D eigenvalue weighted by Gasteiger charge is 2.35. The fourth-order valence-electron chi connectivity index (χ4n) is 5.99. The molecule has 0 unspecified atom stereocenters. The predicted octanol–water partition coefficient (Wildman–Crippen LogP) is 3.36. The number of pyridine rings is 2. The molecule has 0 saturated carbocycles. The summed E-state index contributed by atoms with van der Waals surface area (Å²) in [5, 5.41) is 13.3. The Morgan fingerprint density at radius 3 is 2.57 bits per heavy atom. The Morgan fingerprint density at radius 2 is 1.88 bits per heavy atom. The lowest BCUT2D eigenvalue weighted by molar-refractivity contribution is -0.146. The summed E-state index contributed by atoms with van der Waals surface area (Å²) in [5.41, 5.74) is 8.68. The summed E-state index contributed by atoms with van der Waals surface area (Å²) in [5.74, 6) is -1.81. The molecule has 42 heavy (non-hydrogen) atoms. The molecule has 2 aliphatic heterocycles. The maximum atomic E-state index is 13.5. The summed E-state index contributed by atoms with van der Waals surface area (Å²) in [6, 6.07) is 11.1. The number of nitriles is 1. The Balaban J connectivity index is 1.42. The Hall–Kier alpha value is -4.56. The first-order valence-corrected chi connectivity index (χ1v) is 14.2. The second kappa shape index (κ2) is 12.1. The summed E-state index contributed by atoms with van der Waals surface area (Å²) < 4.78 is 5.05. The van der Waals surface area contributed by atoms with Crippen molar-refractivity contribution in [3.05, 3.63) is 58.9 Å². The van der Waals surface area contributed by atoms with Crippen LogP contribution in [0.5, 0.6) is 5.88 Å². The lowest BCUT2D eigenvalue weighted by Crippen LogP contribution is -2.46. The number of rotatable bonds is 5. The lowest BCUT2D eigenvalue weighted by atomic mass is 9.88. The van der Waals surface area contributed by atoms with Crippen LogP contribution < -0.4 is 15.8 Å². The van der Waals surface area contributed by atoms with Crippen molar-refractivity contribution in [3.63, 3.8) is 0 Å². The maximum Gasteiger partial charge on any atom is 0.313 e. The van der Waals surface area contributed by atoms with Gasteiger partial charge in [0.15, 0.2) is 0 Å². The van der Waals surface area contributed by atoms with Gasteiger partial charge in [-0.1, -0.05) is 19.1 Å². The van der Waals surface area contributed by atoms with E-state index in [2.05, 4.69) is 35.2 Å². The number of nitrogens with two attached hydrogens (primary N) is 1. The SMILES string of the molecule is COc1ncc(NC(=O)C(=O)N2C[C@@H](C)CC[C@@H]2c2ccc3cc(C#N)c(C4CCN(C)CC4)nc3c2)cc1C(N)=O. The average molecular weight is 570 g/mol. The second-order valence-corrected chi connectivity index (χ2v) is 11.3. The molecule has 218 valence electrons. The van der Waals surface area contributed by atoms with Gasteiger partial charge in [0.25, 0.3) is 5.91 Å². The van der Waals surface area contributed by atoms with E-state index in [1.54, 1.807) is 4.90 Å². The zero-order chi connectivity index (χ0) is 30.0. The van der Waals surface area contributed by atoms with Crippen molar-refractivity contribution in [3.8, 4) is 11.9 Å². The average Bonchev–Trinajstić information content (AvgIpc) is 3.00. The van der Waals surface area contributed by atoms with Crippen molar-refractivity contribution in [1.29, 1.82) is 5.26 Å². The molecule has 0 aliphatic carbocycles. The van der Waals surface area contributed by atoms with E-state index in [0.717, 1.165) is 54.5 Å². The smallest absolute Gasteiger partial charge is 0.313 e. The van der Waals surface area contributed by atoms with Crippen LogP contribution in [0.15, 0.2) is 36.5 Å². The number of benzene rings is 1. The van der Waals surface area contributed by atoms with Crippen molar-refractivity contribution in [2.24, 2.45) is 11.7 Å². The van der Waals surface area contributed by atoms with E-state index in [1.165, 1.54) is 19.4 Å². The number of nitrogens with zero attached hydrogens (tertiary/aromatic N) is 5. The van der Waals surface area contributed by atoms with Gasteiger partial charge in [0.1, 0.15) is 11.6 Å². The van der Waals surface area contributed by atoms with E-state index in [9.17, 15) is 19.6 Å². The molecule has 0 bridgehead atoms. The number of primary amides is 1. The van der Waals surface area contributed by atoms with Gasteiger partial charge in [-0.05, 0) is 75.5 Å². The number of piperidine rings is 2. The summed E-state index contributed by atoms with van der Waals surface area (Å²) in [7, 11) is 3.46. The highest BCUT2D eigenvalue weighted by Crippen LogP contribution is 2.36. The van der Waals surface area contributed by atoms with Gasteiger partial charge < -0.3 is 25.6 Å². The number of amides is 3. The quantitative estimate of drug-likeness (QED) is 0.443. The van der Waals surface area contributed by atoms with Crippen LogP contribution in [0.25, 0.3) is 10.9 Å². The van der Waals surface area contributed by atoms with Crippen LogP contribution in [0, 0.1) is 17.2 Å². The Morgan fingerprint density at radius 1 is 1.12 bits per heavy atom. The molecule has 2 saturated heterocycles. The lowest BCUT2D eigenvalue weighted by Gasteiger charge is -2.38. The second-order valence-electron chi connectivity index (χ2n) is 11.3. The van der Waals surface area contributed by atoms with Crippen LogP contribution in [-0.4, -0.2) is 71.3 Å². The summed E-state index contributed by atoms with van der Waals surface area (Å²) in [6.07, 6.45) is 4.80. The highest BCUT2D eigenvalue weighted by molar-refractivity contribution is 6.39. The third-order valence-electron chi connectivity index (χ3n) is 8.32. The molecule has 2 atom stereocenters. The van der Waals surface area contributed by atoms with Crippen LogP contribution in [0.3, 0.4) is 0 Å². The third kappa shape index (κ3) is 5.90. The van der Waals surface area contributed by atoms with Crippen LogP contribution in [0.4, 0.5) is 5.69 Å². The zero-order valence-electron chi connectivity index (χ0n) is 24.1. The molecule has 2 fully saturated rings. The first-order valence-electron chi connectivity index (χ1n) is 14.2. The molecule has 2 aliphatic rings. The number of methoxy groups -OCH3 is 1. The number of hydrogen-bond acceptors (Lipinski definition) is 8. The number of ether oxygens (including phenoxy) is 1. The number of anilines is 1. The Labute approximate surface area is 244 Å². The third-order valence-corrected chi connectivity index (χ3v) is 8.32. The minimum atomic E-state index is -0.835. The van der Waals surface area contributed by atoms with Gasteiger partial charge in [-0.25, -0.2) is 4.98 Å². The minimum absolute atomic E-state index is 0.00458. The standard InChI is InChI=1S/C31H35N7O4/c1-18-4-7-26(38(17-18)31(41)29(40)35-23-14-24(28(33)39)30(42-3)34-16-23)21-6-5-20-12-22(15-32)27(36-25(20)13-21)19-8-10-37(2)11-9-19/h5-6,12-14,16,18-19,26H,4,7-11,17H2,1-3H3,(H2,33,39)(H,35,40)/t18-,26+/m0/s1. The Kier molecular flexibility index (Phi) is 8.36. The minimum Gasteiger partial charge on any atom is -0.480 e.